The molecular formula is C21H20N4O2. The quantitative estimate of drug-likeness (QED) is 0.749. The van der Waals surface area contributed by atoms with Crippen LogP contribution < -0.4 is 16.0 Å². The van der Waals surface area contributed by atoms with Crippen LogP contribution in [-0.2, 0) is 4.79 Å². The first kappa shape index (κ1) is 17.0. The van der Waals surface area contributed by atoms with Gasteiger partial charge in [0.1, 0.15) is 5.54 Å². The summed E-state index contributed by atoms with van der Waals surface area (Å²) in [6, 6.07) is 16.6. The highest BCUT2D eigenvalue weighted by atomic mass is 16.2. The lowest BCUT2D eigenvalue weighted by Gasteiger charge is -2.26. The number of nitrogens with one attached hydrogen (secondary N) is 1. The third-order valence-electron chi connectivity index (χ3n) is 5.04. The molecule has 2 aromatic carbocycles. The molecule has 136 valence electrons. The summed E-state index contributed by atoms with van der Waals surface area (Å²) in [6.45, 7) is 2.54. The molecule has 2 amide bonds. The van der Waals surface area contributed by atoms with Crippen LogP contribution in [0, 0.1) is 0 Å². The number of carbonyl (C=O) groups excluding carboxylic acids is 2. The van der Waals surface area contributed by atoms with Gasteiger partial charge in [-0.25, -0.2) is 0 Å². The van der Waals surface area contributed by atoms with Crippen molar-refractivity contribution < 1.29 is 9.59 Å². The Labute approximate surface area is 157 Å². The largest absolute Gasteiger partial charge is 0.371 e. The van der Waals surface area contributed by atoms with Crippen molar-refractivity contribution in [2.45, 2.75) is 18.9 Å². The summed E-state index contributed by atoms with van der Waals surface area (Å²) in [5.41, 5.74) is 7.56. The van der Waals surface area contributed by atoms with Crippen molar-refractivity contribution in [3.63, 3.8) is 0 Å². The van der Waals surface area contributed by atoms with Crippen molar-refractivity contribution in [2.24, 2.45) is 5.73 Å². The number of aromatic nitrogens is 1. The zero-order valence-corrected chi connectivity index (χ0v) is 15.0. The minimum atomic E-state index is -0.710. The van der Waals surface area contributed by atoms with E-state index >= 15 is 0 Å². The van der Waals surface area contributed by atoms with Crippen LogP contribution in [0.3, 0.4) is 0 Å². The van der Waals surface area contributed by atoms with E-state index in [1.54, 1.807) is 35.4 Å². The smallest absolute Gasteiger partial charge is 0.252 e. The predicted molar refractivity (Wildman–Crippen MR) is 106 cm³/mol. The van der Waals surface area contributed by atoms with Crippen LogP contribution in [0.1, 0.15) is 23.7 Å². The zero-order chi connectivity index (χ0) is 19.0. The van der Waals surface area contributed by atoms with Gasteiger partial charge in [0.05, 0.1) is 5.52 Å². The maximum Gasteiger partial charge on any atom is 0.252 e. The molecule has 0 spiro atoms. The van der Waals surface area contributed by atoms with Crippen molar-refractivity contribution >= 4 is 34.1 Å². The Morgan fingerprint density at radius 1 is 1.19 bits per heavy atom. The van der Waals surface area contributed by atoms with Gasteiger partial charge in [0, 0.05) is 35.1 Å². The summed E-state index contributed by atoms with van der Waals surface area (Å²) < 4.78 is 0. The number of nitrogens with zero attached hydrogens (tertiary/aromatic N) is 2. The highest BCUT2D eigenvalue weighted by Gasteiger charge is 2.43. The number of pyridine rings is 1. The lowest BCUT2D eigenvalue weighted by atomic mass is 10.00. The number of rotatable bonds is 4. The van der Waals surface area contributed by atoms with Crippen LogP contribution >= 0.6 is 0 Å². The van der Waals surface area contributed by atoms with Gasteiger partial charge in [-0.3, -0.25) is 14.6 Å². The SMILES string of the molecule is CC1(Nc2ccc(C(N)=O)cc2)CCN(c2ccc3ncccc3c2)C1=O. The normalized spacial score (nSPS) is 19.4. The second-order valence-corrected chi connectivity index (χ2v) is 6.99. The van der Waals surface area contributed by atoms with Gasteiger partial charge in [0.15, 0.2) is 0 Å². The van der Waals surface area contributed by atoms with Gasteiger partial charge in [-0.15, -0.1) is 0 Å². The van der Waals surface area contributed by atoms with E-state index in [4.69, 9.17) is 5.73 Å². The highest BCUT2D eigenvalue weighted by molar-refractivity contribution is 6.05. The number of hydrogen-bond donors (Lipinski definition) is 2. The summed E-state index contributed by atoms with van der Waals surface area (Å²) in [7, 11) is 0. The highest BCUT2D eigenvalue weighted by Crippen LogP contribution is 2.32. The molecule has 2 heterocycles. The molecule has 1 aliphatic heterocycles. The van der Waals surface area contributed by atoms with E-state index in [0.29, 0.717) is 18.5 Å². The molecule has 1 unspecified atom stereocenters. The fourth-order valence-electron chi connectivity index (χ4n) is 3.47. The molecule has 6 heteroatoms. The Kier molecular flexibility index (Phi) is 4.03. The number of fused-ring (bicyclic) bond motifs is 1. The van der Waals surface area contributed by atoms with Crippen molar-refractivity contribution in [3.8, 4) is 0 Å². The van der Waals surface area contributed by atoms with E-state index < -0.39 is 11.4 Å². The second kappa shape index (κ2) is 6.39. The summed E-state index contributed by atoms with van der Waals surface area (Å²) in [6.07, 6.45) is 2.43. The van der Waals surface area contributed by atoms with Crippen molar-refractivity contribution in [2.75, 3.05) is 16.8 Å². The molecule has 1 atom stereocenters. The maximum absolute atomic E-state index is 13.1. The van der Waals surface area contributed by atoms with E-state index in [-0.39, 0.29) is 5.91 Å². The third kappa shape index (κ3) is 3.10. The molecule has 27 heavy (non-hydrogen) atoms. The standard InChI is InChI=1S/C21H20N4O2/c1-21(24-16-6-4-14(5-7-16)19(22)26)10-12-25(20(21)27)17-8-9-18-15(13-17)3-2-11-23-18/h2-9,11,13,24H,10,12H2,1H3,(H2,22,26). The predicted octanol–water partition coefficient (Wildman–Crippen LogP) is 2.94. The lowest BCUT2D eigenvalue weighted by molar-refractivity contribution is -0.120. The van der Waals surface area contributed by atoms with Crippen molar-refractivity contribution in [3.05, 3.63) is 66.4 Å². The molecular weight excluding hydrogens is 340 g/mol. The molecule has 0 radical (unpaired) electrons. The van der Waals surface area contributed by atoms with Crippen LogP contribution in [0.4, 0.5) is 11.4 Å². The molecule has 3 aromatic rings. The molecule has 0 aliphatic carbocycles. The van der Waals surface area contributed by atoms with Gasteiger partial charge in [0.2, 0.25) is 5.91 Å². The minimum Gasteiger partial charge on any atom is -0.371 e. The minimum absolute atomic E-state index is 0.0183. The van der Waals surface area contributed by atoms with Crippen LogP contribution in [0.25, 0.3) is 10.9 Å². The molecule has 1 aliphatic rings. The maximum atomic E-state index is 13.1. The summed E-state index contributed by atoms with van der Waals surface area (Å²) in [5, 5.41) is 4.32. The van der Waals surface area contributed by atoms with Crippen LogP contribution in [0.2, 0.25) is 0 Å². The van der Waals surface area contributed by atoms with E-state index in [1.165, 1.54) is 0 Å². The first-order valence-electron chi connectivity index (χ1n) is 8.81. The second-order valence-electron chi connectivity index (χ2n) is 6.99. The topological polar surface area (TPSA) is 88.3 Å². The number of amides is 2. The number of benzene rings is 2. The van der Waals surface area contributed by atoms with Gasteiger partial charge < -0.3 is 16.0 Å². The summed E-state index contributed by atoms with van der Waals surface area (Å²) in [5.74, 6) is -0.452. The Balaban J connectivity index is 1.56. The summed E-state index contributed by atoms with van der Waals surface area (Å²) in [4.78, 5) is 30.4. The van der Waals surface area contributed by atoms with Crippen molar-refractivity contribution in [1.82, 2.24) is 4.98 Å². The first-order valence-corrected chi connectivity index (χ1v) is 8.81. The monoisotopic (exact) mass is 360 g/mol. The Hall–Kier alpha value is -3.41. The van der Waals surface area contributed by atoms with Crippen molar-refractivity contribution in [1.29, 1.82) is 0 Å². The fraction of sp³-hybridized carbons (Fsp3) is 0.190. The molecule has 1 aromatic heterocycles. The summed E-state index contributed by atoms with van der Waals surface area (Å²) >= 11 is 0. The van der Waals surface area contributed by atoms with Crippen LogP contribution in [-0.4, -0.2) is 28.9 Å². The number of anilines is 2. The Morgan fingerprint density at radius 2 is 1.96 bits per heavy atom. The fourth-order valence-corrected chi connectivity index (χ4v) is 3.47. The van der Waals surface area contributed by atoms with Gasteiger partial charge in [-0.1, -0.05) is 6.07 Å². The number of nitrogens with two attached hydrogens (primary N) is 1. The molecule has 0 bridgehead atoms. The third-order valence-corrected chi connectivity index (χ3v) is 5.04. The molecule has 1 saturated heterocycles. The average Bonchev–Trinajstić information content (AvgIpc) is 2.96. The van der Waals surface area contributed by atoms with E-state index in [9.17, 15) is 9.59 Å². The Morgan fingerprint density at radius 3 is 2.70 bits per heavy atom. The Bertz CT molecular complexity index is 1030. The van der Waals surface area contributed by atoms with Crippen LogP contribution in [0.15, 0.2) is 60.8 Å². The number of primary amides is 1. The average molecular weight is 360 g/mol. The van der Waals surface area contributed by atoms with E-state index in [2.05, 4.69) is 10.3 Å². The molecule has 4 rings (SSSR count). The van der Waals surface area contributed by atoms with Gasteiger partial charge in [0.25, 0.3) is 5.91 Å². The number of hydrogen-bond acceptors (Lipinski definition) is 4. The van der Waals surface area contributed by atoms with E-state index in [0.717, 1.165) is 22.3 Å². The molecule has 3 N–H and O–H groups in total. The lowest BCUT2D eigenvalue weighted by Crippen LogP contribution is -2.44. The van der Waals surface area contributed by atoms with E-state index in [1.807, 2.05) is 37.3 Å². The zero-order valence-electron chi connectivity index (χ0n) is 15.0. The van der Waals surface area contributed by atoms with Gasteiger partial charge in [-0.05, 0) is 61.9 Å². The molecule has 6 nitrogen and oxygen atoms in total. The first-order chi connectivity index (χ1) is 13.0. The van der Waals surface area contributed by atoms with Gasteiger partial charge >= 0.3 is 0 Å². The van der Waals surface area contributed by atoms with Gasteiger partial charge in [-0.2, -0.15) is 0 Å². The van der Waals surface area contributed by atoms with Crippen LogP contribution in [0.5, 0.6) is 0 Å². The molecule has 1 fully saturated rings. The molecule has 0 saturated carbocycles. The number of carbonyl (C=O) groups is 2.